The molecule has 0 saturated carbocycles. The molecule has 4 amide bonds. The summed E-state index contributed by atoms with van der Waals surface area (Å²) in [5.41, 5.74) is 11.3. The van der Waals surface area contributed by atoms with Crippen LogP contribution in [-0.2, 0) is 30.4 Å². The number of carboxylic acids is 1. The van der Waals surface area contributed by atoms with E-state index in [2.05, 4.69) is 16.0 Å². The van der Waals surface area contributed by atoms with Gasteiger partial charge in [-0.3, -0.25) is 19.2 Å². The first-order valence-electron chi connectivity index (χ1n) is 9.82. The normalized spacial score (nSPS) is 15.4. The van der Waals surface area contributed by atoms with E-state index in [4.69, 9.17) is 11.5 Å². The number of nitrogens with two attached hydrogens (primary N) is 2. The van der Waals surface area contributed by atoms with Crippen LogP contribution in [0.3, 0.4) is 0 Å². The van der Waals surface area contributed by atoms with Crippen LogP contribution in [0.5, 0.6) is 0 Å². The van der Waals surface area contributed by atoms with Crippen molar-refractivity contribution in [3.05, 3.63) is 35.9 Å². The average molecular weight is 451 g/mol. The van der Waals surface area contributed by atoms with Crippen LogP contribution >= 0.6 is 0 Å². The van der Waals surface area contributed by atoms with Gasteiger partial charge in [0.1, 0.15) is 12.1 Å². The van der Waals surface area contributed by atoms with Crippen molar-refractivity contribution < 1.29 is 34.2 Å². The van der Waals surface area contributed by atoms with E-state index >= 15 is 0 Å². The van der Waals surface area contributed by atoms with Crippen LogP contribution in [0.2, 0.25) is 0 Å². The maximum absolute atomic E-state index is 12.8. The second-order valence-electron chi connectivity index (χ2n) is 7.34. The highest BCUT2D eigenvalue weighted by molar-refractivity contribution is 5.96. The van der Waals surface area contributed by atoms with Gasteiger partial charge in [0.25, 0.3) is 0 Å². The minimum atomic E-state index is -1.61. The smallest absolute Gasteiger partial charge is 0.328 e. The van der Waals surface area contributed by atoms with Crippen molar-refractivity contribution in [2.24, 2.45) is 11.5 Å². The maximum atomic E-state index is 12.8. The molecule has 0 bridgehead atoms. The van der Waals surface area contributed by atoms with Gasteiger partial charge in [-0.15, -0.1) is 0 Å². The molecule has 32 heavy (non-hydrogen) atoms. The standard InChI is InChI=1S/C20H29N5O7/c1-10(21)17(28)23-14(9-15(22)27)18(29)24-13(8-12-6-4-3-5-7-12)19(30)25-16(11(2)26)20(31)32/h3-7,10-11,13-14,16,26H,8-9,21H2,1-2H3,(H2,22,27)(H,23,28)(H,24,29)(H,25,30)(H,31,32). The summed E-state index contributed by atoms with van der Waals surface area (Å²) in [7, 11) is 0. The number of amides is 4. The largest absolute Gasteiger partial charge is 0.480 e. The lowest BCUT2D eigenvalue weighted by Gasteiger charge is -2.25. The summed E-state index contributed by atoms with van der Waals surface area (Å²) in [6.07, 6.45) is -1.98. The molecule has 0 aromatic heterocycles. The highest BCUT2D eigenvalue weighted by Crippen LogP contribution is 2.06. The lowest BCUT2D eigenvalue weighted by molar-refractivity contribution is -0.145. The Balaban J connectivity index is 3.12. The number of hydrogen-bond acceptors (Lipinski definition) is 7. The van der Waals surface area contributed by atoms with Crippen molar-refractivity contribution in [1.29, 1.82) is 0 Å². The van der Waals surface area contributed by atoms with Gasteiger partial charge in [0.15, 0.2) is 6.04 Å². The van der Waals surface area contributed by atoms with Crippen molar-refractivity contribution in [3.63, 3.8) is 0 Å². The van der Waals surface area contributed by atoms with Crippen LogP contribution in [0.4, 0.5) is 0 Å². The zero-order valence-electron chi connectivity index (χ0n) is 17.8. The summed E-state index contributed by atoms with van der Waals surface area (Å²) in [4.78, 5) is 60.1. The van der Waals surface area contributed by atoms with E-state index in [1.807, 2.05) is 0 Å². The average Bonchev–Trinajstić information content (AvgIpc) is 2.70. The van der Waals surface area contributed by atoms with Crippen LogP contribution in [0.15, 0.2) is 30.3 Å². The summed E-state index contributed by atoms with van der Waals surface area (Å²) >= 11 is 0. The van der Waals surface area contributed by atoms with Gasteiger partial charge < -0.3 is 37.6 Å². The number of aliphatic hydroxyl groups is 1. The third kappa shape index (κ3) is 8.70. The number of aliphatic hydroxyl groups excluding tert-OH is 1. The predicted octanol–water partition coefficient (Wildman–Crippen LogP) is -2.63. The highest BCUT2D eigenvalue weighted by Gasteiger charge is 2.32. The Morgan fingerprint density at radius 2 is 1.44 bits per heavy atom. The molecule has 0 radical (unpaired) electrons. The summed E-state index contributed by atoms with van der Waals surface area (Å²) in [5.74, 6) is -4.83. The molecule has 12 heteroatoms. The second-order valence-corrected chi connectivity index (χ2v) is 7.34. The molecule has 0 aliphatic rings. The topological polar surface area (TPSA) is 214 Å². The quantitative estimate of drug-likeness (QED) is 0.178. The number of rotatable bonds is 12. The number of aliphatic carboxylic acids is 1. The van der Waals surface area contributed by atoms with E-state index < -0.39 is 66.3 Å². The van der Waals surface area contributed by atoms with Crippen LogP contribution in [0.1, 0.15) is 25.8 Å². The molecule has 0 saturated heterocycles. The fourth-order valence-electron chi connectivity index (χ4n) is 2.69. The third-order valence-electron chi connectivity index (χ3n) is 4.41. The molecule has 5 unspecified atom stereocenters. The van der Waals surface area contributed by atoms with Gasteiger partial charge in [-0.1, -0.05) is 30.3 Å². The molecule has 0 aliphatic heterocycles. The molecule has 12 nitrogen and oxygen atoms in total. The fourth-order valence-corrected chi connectivity index (χ4v) is 2.69. The minimum absolute atomic E-state index is 0.0326. The Hall–Kier alpha value is -3.51. The van der Waals surface area contributed by atoms with Gasteiger partial charge >= 0.3 is 5.97 Å². The maximum Gasteiger partial charge on any atom is 0.328 e. The molecule has 0 spiro atoms. The van der Waals surface area contributed by atoms with Crippen LogP contribution in [0.25, 0.3) is 0 Å². The Bertz CT molecular complexity index is 829. The van der Waals surface area contributed by atoms with E-state index in [0.717, 1.165) is 0 Å². The highest BCUT2D eigenvalue weighted by atomic mass is 16.4. The van der Waals surface area contributed by atoms with Crippen molar-refractivity contribution >= 4 is 29.6 Å². The zero-order chi connectivity index (χ0) is 24.4. The van der Waals surface area contributed by atoms with E-state index in [0.29, 0.717) is 5.56 Å². The van der Waals surface area contributed by atoms with E-state index in [9.17, 15) is 34.2 Å². The van der Waals surface area contributed by atoms with Gasteiger partial charge in [0.2, 0.25) is 23.6 Å². The minimum Gasteiger partial charge on any atom is -0.480 e. The van der Waals surface area contributed by atoms with Gasteiger partial charge in [-0.05, 0) is 19.4 Å². The van der Waals surface area contributed by atoms with Crippen LogP contribution in [0, 0.1) is 0 Å². The second kappa shape index (κ2) is 12.4. The third-order valence-corrected chi connectivity index (χ3v) is 4.41. The van der Waals surface area contributed by atoms with E-state index in [1.165, 1.54) is 13.8 Å². The van der Waals surface area contributed by atoms with Crippen molar-refractivity contribution in [1.82, 2.24) is 16.0 Å². The van der Waals surface area contributed by atoms with Gasteiger partial charge in [0, 0.05) is 6.42 Å². The lowest BCUT2D eigenvalue weighted by Crippen LogP contribution is -2.59. The van der Waals surface area contributed by atoms with E-state index in [1.54, 1.807) is 30.3 Å². The molecule has 1 rings (SSSR count). The molecule has 9 N–H and O–H groups in total. The SMILES string of the molecule is CC(N)C(=O)NC(CC(N)=O)C(=O)NC(Cc1ccccc1)C(=O)NC(C(=O)O)C(C)O. The van der Waals surface area contributed by atoms with Gasteiger partial charge in [0.05, 0.1) is 18.6 Å². The number of nitrogens with one attached hydrogen (secondary N) is 3. The molecular formula is C20H29N5O7. The monoisotopic (exact) mass is 451 g/mol. The van der Waals surface area contributed by atoms with Crippen molar-refractivity contribution in [2.75, 3.05) is 0 Å². The molecule has 176 valence electrons. The fraction of sp³-hybridized carbons (Fsp3) is 0.450. The first-order chi connectivity index (χ1) is 14.9. The molecule has 0 aliphatic carbocycles. The number of primary amides is 1. The summed E-state index contributed by atoms with van der Waals surface area (Å²) in [5, 5.41) is 25.7. The summed E-state index contributed by atoms with van der Waals surface area (Å²) < 4.78 is 0. The Labute approximate surface area is 184 Å². The first-order valence-corrected chi connectivity index (χ1v) is 9.82. The number of benzene rings is 1. The Morgan fingerprint density at radius 1 is 0.906 bits per heavy atom. The molecule has 0 fully saturated rings. The number of hydrogen-bond donors (Lipinski definition) is 7. The summed E-state index contributed by atoms with van der Waals surface area (Å²) in [6, 6.07) is 3.28. The van der Waals surface area contributed by atoms with Crippen LogP contribution in [-0.4, -0.2) is 70.1 Å². The predicted molar refractivity (Wildman–Crippen MR) is 113 cm³/mol. The van der Waals surface area contributed by atoms with Crippen molar-refractivity contribution in [2.45, 2.75) is 57.0 Å². The number of carboxylic acid groups (broad SMARTS) is 1. The lowest BCUT2D eigenvalue weighted by atomic mass is 10.0. The first kappa shape index (κ1) is 26.5. The van der Waals surface area contributed by atoms with Gasteiger partial charge in [-0.25, -0.2) is 4.79 Å². The number of carbonyl (C=O) groups excluding carboxylic acids is 4. The molecule has 1 aromatic rings. The molecule has 5 atom stereocenters. The van der Waals surface area contributed by atoms with E-state index in [-0.39, 0.29) is 6.42 Å². The molecular weight excluding hydrogens is 422 g/mol. The Kier molecular flexibility index (Phi) is 10.3. The van der Waals surface area contributed by atoms with Crippen LogP contribution < -0.4 is 27.4 Å². The van der Waals surface area contributed by atoms with Gasteiger partial charge in [-0.2, -0.15) is 0 Å². The summed E-state index contributed by atoms with van der Waals surface area (Å²) in [6.45, 7) is 2.57. The molecule has 1 aromatic carbocycles. The zero-order valence-corrected chi connectivity index (χ0v) is 17.8. The molecule has 0 heterocycles. The number of carbonyl (C=O) groups is 5. The Morgan fingerprint density at radius 3 is 1.91 bits per heavy atom. The van der Waals surface area contributed by atoms with Crippen molar-refractivity contribution in [3.8, 4) is 0 Å².